The number of hydrogen-bond donors (Lipinski definition) is 0. The van der Waals surface area contributed by atoms with Gasteiger partial charge in [-0.05, 0) is 37.1 Å². The summed E-state index contributed by atoms with van der Waals surface area (Å²) in [6.45, 7) is 1.68. The standard InChI is InChI=1S/C17H19N3O2/c21-16(20-11-3-1-2-4-12-20)14-7-5-8-15(13-14)22-17-18-9-6-10-19-17/h5-10,13H,1-4,11-12H2. The van der Waals surface area contributed by atoms with Gasteiger partial charge < -0.3 is 9.64 Å². The van der Waals surface area contributed by atoms with Crippen molar-refractivity contribution in [2.75, 3.05) is 13.1 Å². The van der Waals surface area contributed by atoms with E-state index in [4.69, 9.17) is 4.74 Å². The Morgan fingerprint density at radius 3 is 2.45 bits per heavy atom. The minimum absolute atomic E-state index is 0.0707. The SMILES string of the molecule is O=C(c1cccc(Oc2ncccn2)c1)N1CCCCCC1. The van der Waals surface area contributed by atoms with Crippen molar-refractivity contribution >= 4 is 5.91 Å². The van der Waals surface area contributed by atoms with Crippen molar-refractivity contribution in [2.24, 2.45) is 0 Å². The van der Waals surface area contributed by atoms with Crippen LogP contribution in [0.2, 0.25) is 0 Å². The van der Waals surface area contributed by atoms with Crippen LogP contribution in [0.3, 0.4) is 0 Å². The second-order valence-corrected chi connectivity index (χ2v) is 5.37. The molecule has 0 saturated carbocycles. The zero-order chi connectivity index (χ0) is 15.2. The van der Waals surface area contributed by atoms with Gasteiger partial charge in [-0.1, -0.05) is 18.9 Å². The fourth-order valence-corrected chi connectivity index (χ4v) is 2.59. The maximum atomic E-state index is 12.6. The van der Waals surface area contributed by atoms with E-state index in [9.17, 15) is 4.79 Å². The molecule has 1 amide bonds. The number of hydrogen-bond acceptors (Lipinski definition) is 4. The molecule has 0 radical (unpaired) electrons. The van der Waals surface area contributed by atoms with Crippen molar-refractivity contribution in [1.82, 2.24) is 14.9 Å². The van der Waals surface area contributed by atoms with Crippen LogP contribution in [-0.2, 0) is 0 Å². The summed E-state index contributed by atoms with van der Waals surface area (Å²) in [5, 5.41) is 0. The van der Waals surface area contributed by atoms with Crippen LogP contribution in [-0.4, -0.2) is 33.9 Å². The summed E-state index contributed by atoms with van der Waals surface area (Å²) in [6, 6.07) is 9.21. The third-order valence-corrected chi connectivity index (χ3v) is 3.73. The van der Waals surface area contributed by atoms with Crippen molar-refractivity contribution in [3.05, 3.63) is 48.3 Å². The van der Waals surface area contributed by atoms with Crippen LogP contribution < -0.4 is 4.74 Å². The van der Waals surface area contributed by atoms with Crippen LogP contribution in [0.5, 0.6) is 11.8 Å². The van der Waals surface area contributed by atoms with Crippen LogP contribution in [0.4, 0.5) is 0 Å². The molecule has 0 aliphatic carbocycles. The summed E-state index contributed by atoms with van der Waals surface area (Å²) < 4.78 is 5.59. The van der Waals surface area contributed by atoms with E-state index < -0.39 is 0 Å². The lowest BCUT2D eigenvalue weighted by Crippen LogP contribution is -2.31. The lowest BCUT2D eigenvalue weighted by atomic mass is 10.2. The van der Waals surface area contributed by atoms with Gasteiger partial charge >= 0.3 is 6.01 Å². The number of amides is 1. The maximum absolute atomic E-state index is 12.6. The van der Waals surface area contributed by atoms with E-state index in [-0.39, 0.29) is 11.9 Å². The summed E-state index contributed by atoms with van der Waals surface area (Å²) in [6.07, 6.45) is 7.82. The Kier molecular flexibility index (Phi) is 4.63. The van der Waals surface area contributed by atoms with Crippen molar-refractivity contribution in [1.29, 1.82) is 0 Å². The molecule has 0 N–H and O–H groups in total. The number of aromatic nitrogens is 2. The second-order valence-electron chi connectivity index (χ2n) is 5.37. The number of ether oxygens (including phenoxy) is 1. The van der Waals surface area contributed by atoms with Crippen molar-refractivity contribution in [3.8, 4) is 11.8 Å². The minimum atomic E-state index is 0.0707. The highest BCUT2D eigenvalue weighted by Gasteiger charge is 2.17. The fraction of sp³-hybridized carbons (Fsp3) is 0.353. The average molecular weight is 297 g/mol. The van der Waals surface area contributed by atoms with Gasteiger partial charge in [-0.3, -0.25) is 4.79 Å². The Labute approximate surface area is 130 Å². The smallest absolute Gasteiger partial charge is 0.321 e. The molecular formula is C17H19N3O2. The normalized spacial score (nSPS) is 15.2. The fourth-order valence-electron chi connectivity index (χ4n) is 2.59. The minimum Gasteiger partial charge on any atom is -0.424 e. The van der Waals surface area contributed by atoms with E-state index in [1.807, 2.05) is 17.0 Å². The molecular weight excluding hydrogens is 278 g/mol. The molecule has 0 atom stereocenters. The molecule has 114 valence electrons. The molecule has 5 nitrogen and oxygen atoms in total. The van der Waals surface area contributed by atoms with Gasteiger partial charge in [-0.2, -0.15) is 0 Å². The largest absolute Gasteiger partial charge is 0.424 e. The lowest BCUT2D eigenvalue weighted by molar-refractivity contribution is 0.0761. The van der Waals surface area contributed by atoms with Crippen molar-refractivity contribution in [3.63, 3.8) is 0 Å². The zero-order valence-corrected chi connectivity index (χ0v) is 12.4. The molecule has 1 saturated heterocycles. The van der Waals surface area contributed by atoms with Crippen molar-refractivity contribution in [2.45, 2.75) is 25.7 Å². The van der Waals surface area contributed by atoms with Crippen LogP contribution in [0.15, 0.2) is 42.7 Å². The summed E-state index contributed by atoms with van der Waals surface area (Å²) in [4.78, 5) is 22.6. The van der Waals surface area contributed by atoms with Gasteiger partial charge in [0.05, 0.1) is 0 Å². The Bertz CT molecular complexity index is 623. The lowest BCUT2D eigenvalue weighted by Gasteiger charge is -2.20. The van der Waals surface area contributed by atoms with Crippen molar-refractivity contribution < 1.29 is 9.53 Å². The summed E-state index contributed by atoms with van der Waals surface area (Å²) >= 11 is 0. The van der Waals surface area contributed by atoms with E-state index in [0.717, 1.165) is 25.9 Å². The molecule has 1 aromatic heterocycles. The molecule has 1 fully saturated rings. The third-order valence-electron chi connectivity index (χ3n) is 3.73. The molecule has 0 bridgehead atoms. The molecule has 0 unspecified atom stereocenters. The Balaban J connectivity index is 1.74. The first-order chi connectivity index (χ1) is 10.8. The molecule has 1 aliphatic heterocycles. The van der Waals surface area contributed by atoms with E-state index in [0.29, 0.717) is 11.3 Å². The van der Waals surface area contributed by atoms with Gasteiger partial charge in [0.2, 0.25) is 0 Å². The quantitative estimate of drug-likeness (QED) is 0.872. The van der Waals surface area contributed by atoms with Crippen LogP contribution in [0, 0.1) is 0 Å². The van der Waals surface area contributed by atoms with Gasteiger partial charge in [-0.15, -0.1) is 0 Å². The van der Waals surface area contributed by atoms with Crippen LogP contribution in [0.1, 0.15) is 36.0 Å². The molecule has 5 heteroatoms. The predicted molar refractivity (Wildman–Crippen MR) is 82.9 cm³/mol. The number of benzene rings is 1. The molecule has 1 aromatic carbocycles. The molecule has 0 spiro atoms. The monoisotopic (exact) mass is 297 g/mol. The van der Waals surface area contributed by atoms with E-state index >= 15 is 0 Å². The van der Waals surface area contributed by atoms with Gasteiger partial charge in [0.25, 0.3) is 5.91 Å². The topological polar surface area (TPSA) is 55.3 Å². The number of rotatable bonds is 3. The van der Waals surface area contributed by atoms with E-state index in [1.165, 1.54) is 12.8 Å². The van der Waals surface area contributed by atoms with E-state index in [1.54, 1.807) is 30.6 Å². The molecule has 22 heavy (non-hydrogen) atoms. The maximum Gasteiger partial charge on any atom is 0.321 e. The van der Waals surface area contributed by atoms with E-state index in [2.05, 4.69) is 9.97 Å². The molecule has 2 aromatic rings. The van der Waals surface area contributed by atoms with Gasteiger partial charge in [0.15, 0.2) is 0 Å². The van der Waals surface area contributed by atoms with Crippen LogP contribution in [0.25, 0.3) is 0 Å². The third kappa shape index (κ3) is 3.61. The summed E-state index contributed by atoms with van der Waals surface area (Å²) in [7, 11) is 0. The number of carbonyl (C=O) groups excluding carboxylic acids is 1. The predicted octanol–water partition coefficient (Wildman–Crippen LogP) is 3.29. The van der Waals surface area contributed by atoms with Crippen LogP contribution >= 0.6 is 0 Å². The molecule has 3 rings (SSSR count). The van der Waals surface area contributed by atoms with Gasteiger partial charge in [-0.25, -0.2) is 9.97 Å². The Morgan fingerprint density at radius 1 is 1.00 bits per heavy atom. The molecule has 1 aliphatic rings. The average Bonchev–Trinajstić information content (AvgIpc) is 2.85. The first-order valence-electron chi connectivity index (χ1n) is 7.67. The Morgan fingerprint density at radius 2 is 1.73 bits per heavy atom. The van der Waals surface area contributed by atoms with Gasteiger partial charge in [0, 0.05) is 31.0 Å². The highest BCUT2D eigenvalue weighted by molar-refractivity contribution is 5.94. The zero-order valence-electron chi connectivity index (χ0n) is 12.4. The highest BCUT2D eigenvalue weighted by atomic mass is 16.5. The summed E-state index contributed by atoms with van der Waals surface area (Å²) in [5.41, 5.74) is 0.648. The number of likely N-dealkylation sites (tertiary alicyclic amines) is 1. The number of carbonyl (C=O) groups is 1. The first-order valence-corrected chi connectivity index (χ1v) is 7.67. The first kappa shape index (κ1) is 14.5. The van der Waals surface area contributed by atoms with Gasteiger partial charge in [0.1, 0.15) is 5.75 Å². The summed E-state index contributed by atoms with van der Waals surface area (Å²) in [5.74, 6) is 0.646. The second kappa shape index (κ2) is 7.02. The highest BCUT2D eigenvalue weighted by Crippen LogP contribution is 2.20. The number of nitrogens with zero attached hydrogens (tertiary/aromatic N) is 3. The molecule has 2 heterocycles. The Hall–Kier alpha value is -2.43.